The van der Waals surface area contributed by atoms with E-state index in [0.717, 1.165) is 27.8 Å². The Kier molecular flexibility index (Phi) is 8.93. The zero-order valence-corrected chi connectivity index (χ0v) is 46.2. The first-order valence-corrected chi connectivity index (χ1v) is 27.9. The van der Waals surface area contributed by atoms with Crippen molar-refractivity contribution in [2.75, 3.05) is 0 Å². The highest BCUT2D eigenvalue weighted by molar-refractivity contribution is 5.97. The van der Waals surface area contributed by atoms with Crippen LogP contribution in [0.5, 0.6) is 0 Å². The van der Waals surface area contributed by atoms with Crippen molar-refractivity contribution in [3.8, 4) is 5.69 Å². The van der Waals surface area contributed by atoms with Gasteiger partial charge < -0.3 is 17.7 Å². The monoisotopic (exact) mass is 1050 g/mol. The average molecular weight is 1050 g/mol. The molecule has 6 aliphatic rings. The van der Waals surface area contributed by atoms with Crippen molar-refractivity contribution in [2.45, 2.75) is 103 Å². The van der Waals surface area contributed by atoms with Crippen LogP contribution in [0, 0.1) is 11.8 Å². The largest absolute Gasteiger partial charge is 0.449 e. The molecule has 0 radical (unpaired) electrons. The van der Waals surface area contributed by atoms with E-state index >= 15 is 0 Å². The molecule has 10 nitrogen and oxygen atoms in total. The highest BCUT2D eigenvalue weighted by Gasteiger charge is 2.61. The lowest BCUT2D eigenvalue weighted by atomic mass is 9.42. The second-order valence-electron chi connectivity index (χ2n) is 25.7. The molecule has 12 aromatic rings. The van der Waals surface area contributed by atoms with Crippen LogP contribution in [0.4, 0.5) is 0 Å². The summed E-state index contributed by atoms with van der Waals surface area (Å²) in [5, 5.41) is 1.08. The third-order valence-electron chi connectivity index (χ3n) is 19.0. The summed E-state index contributed by atoms with van der Waals surface area (Å²) < 4.78 is 29.9. The molecule has 4 heterocycles. The van der Waals surface area contributed by atoms with Gasteiger partial charge >= 0.3 is 0 Å². The van der Waals surface area contributed by atoms with Crippen molar-refractivity contribution >= 4 is 66.2 Å². The molecule has 0 aliphatic heterocycles. The van der Waals surface area contributed by atoms with Gasteiger partial charge in [-0.05, 0) is 171 Å². The number of aromatic nitrogens is 2. The van der Waals surface area contributed by atoms with Crippen LogP contribution in [0.2, 0.25) is 0 Å². The summed E-state index contributed by atoms with van der Waals surface area (Å²) in [6, 6.07) is 45.5. The topological polar surface area (TPSA) is 131 Å². The van der Waals surface area contributed by atoms with Gasteiger partial charge in [0, 0.05) is 28.2 Å². The van der Waals surface area contributed by atoms with Crippen LogP contribution < -0.4 is 22.2 Å². The molecule has 394 valence electrons. The highest BCUT2D eigenvalue weighted by Crippen LogP contribution is 2.67. The van der Waals surface area contributed by atoms with Crippen LogP contribution in [0.1, 0.15) is 153 Å². The maximum absolute atomic E-state index is 14.8. The van der Waals surface area contributed by atoms with Crippen molar-refractivity contribution in [1.82, 2.24) is 9.13 Å². The smallest absolute Gasteiger partial charge is 0.266 e. The minimum Gasteiger partial charge on any atom is -0.449 e. The lowest BCUT2D eigenvalue weighted by molar-refractivity contribution is 0.325. The lowest BCUT2D eigenvalue weighted by Crippen LogP contribution is -2.55. The third-order valence-corrected chi connectivity index (χ3v) is 19.0. The van der Waals surface area contributed by atoms with E-state index in [1.165, 1.54) is 53.6 Å². The van der Waals surface area contributed by atoms with Crippen LogP contribution in [0.15, 0.2) is 170 Å². The summed E-state index contributed by atoms with van der Waals surface area (Å²) in [4.78, 5) is 57.0. The Balaban J connectivity index is 0.876. The highest BCUT2D eigenvalue weighted by atomic mass is 16.4. The Morgan fingerprint density at radius 3 is 1.12 bits per heavy atom. The molecule has 4 unspecified atom stereocenters. The average Bonchev–Trinajstić information content (AvgIpc) is 3.98. The van der Waals surface area contributed by atoms with Gasteiger partial charge in [-0.15, -0.1) is 0 Å². The first-order chi connectivity index (χ1) is 38.2. The fourth-order valence-corrected chi connectivity index (χ4v) is 15.6. The van der Waals surface area contributed by atoms with E-state index in [9.17, 15) is 19.2 Å². The predicted molar refractivity (Wildman–Crippen MR) is 314 cm³/mol. The molecule has 8 aromatic carbocycles. The van der Waals surface area contributed by atoms with Crippen LogP contribution in [-0.4, -0.2) is 9.13 Å². The molecule has 0 amide bonds. The van der Waals surface area contributed by atoms with Gasteiger partial charge in [-0.2, -0.15) is 0 Å². The molecule has 0 saturated heterocycles. The number of rotatable bonds is 3. The van der Waals surface area contributed by atoms with Gasteiger partial charge in [0.05, 0.1) is 27.2 Å². The molecule has 0 spiro atoms. The van der Waals surface area contributed by atoms with Gasteiger partial charge in [0.1, 0.15) is 0 Å². The molecular formula is C70H56N2O8. The Labute approximate surface area is 458 Å². The molecule has 0 saturated carbocycles. The molecule has 4 bridgehead atoms. The standard InChI is InChI=1S/C70H56N2O8/c1-33(2)69-47-17-13-14-18-48(47)70(34(3)4,52-32-60-59(31-51(52)69)79-55-27-45-46(28-56(55)80-60)66(76)72(65(45)75)68(8,9)10)50-30-58-57(29-49(50)69)77-53-25-43-44(26-54(53)78-58)64(74)71(63(43)73)36-20-22-40-42(24-36)62-38-16-12-11-15-37(38)61(40)41-23-35(67(5,6)7)19-21-39(41)62/h11-34,61-62H,1-10H3. The van der Waals surface area contributed by atoms with E-state index in [0.29, 0.717) is 50.4 Å². The maximum Gasteiger partial charge on any atom is 0.266 e. The molecule has 6 aliphatic carbocycles. The maximum atomic E-state index is 14.8. The fraction of sp³-hybridized carbons (Fsp3) is 0.257. The summed E-state index contributed by atoms with van der Waals surface area (Å²) in [6.07, 6.45) is 0. The minimum atomic E-state index is -0.725. The van der Waals surface area contributed by atoms with E-state index < -0.39 is 27.5 Å². The minimum absolute atomic E-state index is 0.00550. The predicted octanol–water partition coefficient (Wildman–Crippen LogP) is 14.7. The van der Waals surface area contributed by atoms with Gasteiger partial charge in [0.2, 0.25) is 0 Å². The number of nitrogens with zero attached hydrogens (tertiary/aromatic N) is 2. The van der Waals surface area contributed by atoms with Gasteiger partial charge in [0.15, 0.2) is 44.7 Å². The van der Waals surface area contributed by atoms with Crippen LogP contribution in [0.25, 0.3) is 71.9 Å². The van der Waals surface area contributed by atoms with Gasteiger partial charge in [0.25, 0.3) is 22.2 Å². The Morgan fingerprint density at radius 2 is 0.738 bits per heavy atom. The zero-order chi connectivity index (χ0) is 55.2. The van der Waals surface area contributed by atoms with Crippen molar-refractivity contribution in [3.63, 3.8) is 0 Å². The first kappa shape index (κ1) is 47.3. The number of hydrogen-bond acceptors (Lipinski definition) is 8. The van der Waals surface area contributed by atoms with E-state index in [2.05, 4.69) is 152 Å². The fourth-order valence-electron chi connectivity index (χ4n) is 15.6. The van der Waals surface area contributed by atoms with Crippen LogP contribution >= 0.6 is 0 Å². The first-order valence-electron chi connectivity index (χ1n) is 27.9. The quantitative estimate of drug-likeness (QED) is 0.160. The Morgan fingerprint density at radius 1 is 0.388 bits per heavy atom. The molecule has 0 fully saturated rings. The van der Waals surface area contributed by atoms with E-state index in [1.54, 1.807) is 24.3 Å². The molecule has 4 atom stereocenters. The van der Waals surface area contributed by atoms with Gasteiger partial charge in [-0.3, -0.25) is 23.7 Å². The summed E-state index contributed by atoms with van der Waals surface area (Å²) in [7, 11) is 0. The van der Waals surface area contributed by atoms with E-state index in [1.807, 2.05) is 26.8 Å². The molecule has 4 aromatic heterocycles. The number of hydrogen-bond donors (Lipinski definition) is 0. The molecule has 10 heteroatoms. The summed E-state index contributed by atoms with van der Waals surface area (Å²) in [5.74, 6) is -0.0212. The number of fused-ring (bicyclic) bond motifs is 6. The Bertz CT molecular complexity index is 4890. The van der Waals surface area contributed by atoms with Crippen molar-refractivity contribution in [3.05, 3.63) is 247 Å². The van der Waals surface area contributed by atoms with Crippen molar-refractivity contribution < 1.29 is 17.7 Å². The molecule has 0 N–H and O–H groups in total. The normalized spacial score (nSPS) is 19.6. The number of benzene rings is 8. The summed E-state index contributed by atoms with van der Waals surface area (Å²) >= 11 is 0. The van der Waals surface area contributed by atoms with E-state index in [4.69, 9.17) is 17.7 Å². The van der Waals surface area contributed by atoms with Crippen molar-refractivity contribution in [1.29, 1.82) is 0 Å². The lowest BCUT2D eigenvalue weighted by Gasteiger charge is -2.59. The zero-order valence-electron chi connectivity index (χ0n) is 46.2. The van der Waals surface area contributed by atoms with Crippen LogP contribution in [0.3, 0.4) is 0 Å². The Hall–Kier alpha value is -8.76. The second kappa shape index (κ2) is 15.1. The molecular weight excluding hydrogens is 997 g/mol. The van der Waals surface area contributed by atoms with Crippen molar-refractivity contribution in [2.24, 2.45) is 11.8 Å². The van der Waals surface area contributed by atoms with E-state index in [-0.39, 0.29) is 61.8 Å². The SMILES string of the molecule is CC(C)C12c3ccccc3C(C(C)C)(c3cc4oc5cc6c(=O)n(-c7ccc8c(c7)C7c9ccccc9C8c8cc(C(C)(C)C)ccc87)c(=O)c6cc5oc4cc31)c1cc3oc4cc5c(=O)n(C(C)(C)C)c(=O)c5cc4oc3cc12. The molecule has 80 heavy (non-hydrogen) atoms. The third kappa shape index (κ3) is 5.63. The van der Waals surface area contributed by atoms with Gasteiger partial charge in [-0.25, -0.2) is 4.57 Å². The summed E-state index contributed by atoms with van der Waals surface area (Å²) in [6.45, 7) is 21.3. The summed E-state index contributed by atoms with van der Waals surface area (Å²) in [5.41, 5.74) is 15.6. The second-order valence-corrected chi connectivity index (χ2v) is 25.7. The molecule has 18 rings (SSSR count). The van der Waals surface area contributed by atoms with Gasteiger partial charge in [-0.1, -0.05) is 121 Å². The van der Waals surface area contributed by atoms with Crippen LogP contribution in [-0.2, 0) is 21.8 Å².